The number of aromatic carboxylic acids is 1. The van der Waals surface area contributed by atoms with Crippen LogP contribution in [0.4, 0.5) is 5.13 Å². The number of thiazole rings is 1. The first kappa shape index (κ1) is 22.5. The van der Waals surface area contributed by atoms with Gasteiger partial charge in [0.1, 0.15) is 17.7 Å². The van der Waals surface area contributed by atoms with Crippen LogP contribution in [0, 0.1) is 0 Å². The van der Waals surface area contributed by atoms with Crippen LogP contribution in [0.15, 0.2) is 24.5 Å². The average molecular weight is 471 g/mol. The Labute approximate surface area is 193 Å². The first-order chi connectivity index (χ1) is 15.9. The van der Waals surface area contributed by atoms with Gasteiger partial charge in [-0.05, 0) is 31.0 Å². The quantitative estimate of drug-likeness (QED) is 0.526. The number of nitrogens with one attached hydrogen (secondary N) is 1. The molecule has 33 heavy (non-hydrogen) atoms. The third-order valence-electron chi connectivity index (χ3n) is 5.58. The van der Waals surface area contributed by atoms with E-state index in [0.29, 0.717) is 35.0 Å². The van der Waals surface area contributed by atoms with Crippen LogP contribution >= 0.6 is 11.3 Å². The minimum absolute atomic E-state index is 0.0515. The van der Waals surface area contributed by atoms with Crippen molar-refractivity contribution in [2.45, 2.75) is 32.3 Å². The lowest BCUT2D eigenvalue weighted by Crippen LogP contribution is -2.34. The fraction of sp³-hybridized carbons (Fsp3) is 0.318. The minimum atomic E-state index is -1.04. The molecule has 1 aliphatic rings. The van der Waals surface area contributed by atoms with Crippen molar-refractivity contribution < 1.29 is 28.9 Å². The second-order valence-electron chi connectivity index (χ2n) is 7.24. The van der Waals surface area contributed by atoms with Gasteiger partial charge in [-0.2, -0.15) is 0 Å². The highest BCUT2D eigenvalue weighted by atomic mass is 32.1. The molecule has 2 aromatic heterocycles. The molecule has 0 bridgehead atoms. The Balaban J connectivity index is 1.78. The second kappa shape index (κ2) is 8.66. The van der Waals surface area contributed by atoms with Gasteiger partial charge in [-0.1, -0.05) is 25.2 Å². The van der Waals surface area contributed by atoms with Crippen LogP contribution in [-0.4, -0.2) is 46.2 Å². The van der Waals surface area contributed by atoms with Gasteiger partial charge < -0.3 is 19.3 Å². The van der Waals surface area contributed by atoms with E-state index in [0.717, 1.165) is 4.88 Å². The van der Waals surface area contributed by atoms with E-state index in [4.69, 9.17) is 14.2 Å². The lowest BCUT2D eigenvalue weighted by Gasteiger charge is -2.36. The summed E-state index contributed by atoms with van der Waals surface area (Å²) in [5.41, 5.74) is 0.814. The zero-order chi connectivity index (χ0) is 23.8. The van der Waals surface area contributed by atoms with E-state index in [-0.39, 0.29) is 22.9 Å². The molecule has 11 heteroatoms. The molecular weight excluding hydrogens is 448 g/mol. The molecule has 1 amide bonds. The number of nitrogens with zero attached hydrogens (tertiary/aromatic N) is 3. The summed E-state index contributed by atoms with van der Waals surface area (Å²) >= 11 is 1.31. The molecule has 0 spiro atoms. The zero-order valence-electron chi connectivity index (χ0n) is 18.5. The summed E-state index contributed by atoms with van der Waals surface area (Å²) in [4.78, 5) is 38.0. The molecular formula is C22H22N4O6S. The molecule has 0 aliphatic carbocycles. The largest absolute Gasteiger partial charge is 0.481 e. The van der Waals surface area contributed by atoms with E-state index in [1.165, 1.54) is 44.0 Å². The highest BCUT2D eigenvalue weighted by Crippen LogP contribution is 2.51. The molecule has 10 nitrogen and oxygen atoms in total. The van der Waals surface area contributed by atoms with Crippen LogP contribution in [0.25, 0.3) is 11.3 Å². The molecule has 3 aromatic rings. The van der Waals surface area contributed by atoms with Gasteiger partial charge in [0.2, 0.25) is 11.8 Å². The predicted molar refractivity (Wildman–Crippen MR) is 120 cm³/mol. The number of fused-ring (bicyclic) bond motifs is 3. The van der Waals surface area contributed by atoms with Gasteiger partial charge in [-0.3, -0.25) is 10.1 Å². The summed E-state index contributed by atoms with van der Waals surface area (Å²) in [5.74, 6) is -0.963. The summed E-state index contributed by atoms with van der Waals surface area (Å²) in [5, 5.41) is 12.5. The Bertz CT molecular complexity index is 1220. The molecule has 0 saturated carbocycles. The molecule has 0 fully saturated rings. The number of carbonyl (C=O) groups is 2. The number of hydrogen-bond donors (Lipinski definition) is 2. The van der Waals surface area contributed by atoms with E-state index in [1.54, 1.807) is 6.07 Å². The van der Waals surface area contributed by atoms with Crippen molar-refractivity contribution in [3.63, 3.8) is 0 Å². The number of carbonyl (C=O) groups excluding carboxylic acids is 1. The van der Waals surface area contributed by atoms with Gasteiger partial charge in [0.15, 0.2) is 10.7 Å². The summed E-state index contributed by atoms with van der Waals surface area (Å²) in [6.45, 7) is 3.99. The van der Waals surface area contributed by atoms with Crippen molar-refractivity contribution >= 4 is 28.3 Å². The Hall–Kier alpha value is -3.73. The normalized spacial score (nSPS) is 13.3. The molecule has 4 rings (SSSR count). The molecule has 0 atom stereocenters. The van der Waals surface area contributed by atoms with Gasteiger partial charge in [0, 0.05) is 5.56 Å². The van der Waals surface area contributed by atoms with Crippen molar-refractivity contribution in [3.05, 3.63) is 40.5 Å². The van der Waals surface area contributed by atoms with Crippen molar-refractivity contribution in [3.8, 4) is 28.8 Å². The predicted octanol–water partition coefficient (Wildman–Crippen LogP) is 3.98. The third-order valence-corrected chi connectivity index (χ3v) is 6.74. The number of carboxylic acids is 1. The molecule has 0 saturated heterocycles. The van der Waals surface area contributed by atoms with Crippen molar-refractivity contribution in [2.24, 2.45) is 0 Å². The number of aromatic nitrogens is 3. The molecule has 0 radical (unpaired) electrons. The Morgan fingerprint density at radius 1 is 1.15 bits per heavy atom. The third kappa shape index (κ3) is 3.74. The summed E-state index contributed by atoms with van der Waals surface area (Å²) < 4.78 is 16.7. The van der Waals surface area contributed by atoms with E-state index in [2.05, 4.69) is 20.3 Å². The van der Waals surface area contributed by atoms with Crippen LogP contribution in [0.5, 0.6) is 17.5 Å². The topological polar surface area (TPSA) is 133 Å². The Morgan fingerprint density at radius 2 is 1.82 bits per heavy atom. The first-order valence-corrected chi connectivity index (χ1v) is 11.0. The number of ether oxygens (including phenoxy) is 3. The number of rotatable bonds is 7. The molecule has 172 valence electrons. The number of carboxylic acid groups (broad SMARTS) is 1. The number of hydrogen-bond acceptors (Lipinski definition) is 9. The summed E-state index contributed by atoms with van der Waals surface area (Å²) in [6, 6.07) is 4.69. The Kier molecular flexibility index (Phi) is 5.90. The van der Waals surface area contributed by atoms with Crippen LogP contribution < -0.4 is 19.5 Å². The van der Waals surface area contributed by atoms with Gasteiger partial charge in [-0.25, -0.2) is 19.7 Å². The lowest BCUT2D eigenvalue weighted by atomic mass is 9.89. The number of methoxy groups -OCH3 is 2. The summed E-state index contributed by atoms with van der Waals surface area (Å²) in [7, 11) is 2.80. The monoisotopic (exact) mass is 470 g/mol. The molecule has 1 aromatic carbocycles. The molecule has 3 heterocycles. The highest BCUT2D eigenvalue weighted by Gasteiger charge is 2.41. The maximum Gasteiger partial charge on any atom is 0.335 e. The van der Waals surface area contributed by atoms with Gasteiger partial charge >= 0.3 is 5.97 Å². The SMILES string of the molecule is CCC1(CC)Oc2cc(C(=O)O)ccc2-c2nc(NC(=O)c3c(OC)ncnc3OC)sc21. The molecule has 2 N–H and O–H groups in total. The lowest BCUT2D eigenvalue weighted by molar-refractivity contribution is 0.0573. The van der Waals surface area contributed by atoms with E-state index < -0.39 is 17.5 Å². The molecule has 0 unspecified atom stereocenters. The number of amides is 1. The highest BCUT2D eigenvalue weighted by molar-refractivity contribution is 7.16. The standard InChI is InChI=1S/C22H22N4O6S/c1-5-22(6-2)16-15(12-8-7-11(20(28)29)9-13(12)32-22)25-21(33-16)26-17(27)14-18(30-3)23-10-24-19(14)31-4/h7-10H,5-6H2,1-4H3,(H,28,29)(H,25,26,27). The maximum absolute atomic E-state index is 13.1. The van der Waals surface area contributed by atoms with Crippen molar-refractivity contribution in [2.75, 3.05) is 19.5 Å². The van der Waals surface area contributed by atoms with Gasteiger partial charge in [-0.15, -0.1) is 0 Å². The van der Waals surface area contributed by atoms with Crippen LogP contribution in [-0.2, 0) is 5.60 Å². The number of anilines is 1. The van der Waals surface area contributed by atoms with Gasteiger partial charge in [0.05, 0.1) is 30.4 Å². The van der Waals surface area contributed by atoms with Crippen molar-refractivity contribution in [1.29, 1.82) is 0 Å². The van der Waals surface area contributed by atoms with E-state index >= 15 is 0 Å². The fourth-order valence-electron chi connectivity index (χ4n) is 3.79. The zero-order valence-corrected chi connectivity index (χ0v) is 19.3. The van der Waals surface area contributed by atoms with E-state index in [9.17, 15) is 14.7 Å². The fourth-order valence-corrected chi connectivity index (χ4v) is 5.03. The average Bonchev–Trinajstić information content (AvgIpc) is 3.26. The van der Waals surface area contributed by atoms with Crippen LogP contribution in [0.1, 0.15) is 52.3 Å². The Morgan fingerprint density at radius 3 is 2.39 bits per heavy atom. The van der Waals surface area contributed by atoms with E-state index in [1.807, 2.05) is 13.8 Å². The van der Waals surface area contributed by atoms with Crippen LogP contribution in [0.3, 0.4) is 0 Å². The smallest absolute Gasteiger partial charge is 0.335 e. The molecule has 1 aliphatic heterocycles. The second-order valence-corrected chi connectivity index (χ2v) is 8.24. The number of benzene rings is 1. The maximum atomic E-state index is 13.1. The summed E-state index contributed by atoms with van der Waals surface area (Å²) in [6.07, 6.45) is 2.51. The van der Waals surface area contributed by atoms with Crippen LogP contribution in [0.2, 0.25) is 0 Å². The minimum Gasteiger partial charge on any atom is -0.481 e. The van der Waals surface area contributed by atoms with Gasteiger partial charge in [0.25, 0.3) is 5.91 Å². The first-order valence-electron chi connectivity index (χ1n) is 10.2. The van der Waals surface area contributed by atoms with Crippen molar-refractivity contribution in [1.82, 2.24) is 15.0 Å².